The fourth-order valence-corrected chi connectivity index (χ4v) is 7.44. The van der Waals surface area contributed by atoms with E-state index in [1.807, 2.05) is 19.1 Å². The lowest BCUT2D eigenvalue weighted by Gasteiger charge is -2.64. The lowest BCUT2D eigenvalue weighted by Crippen LogP contribution is -2.79. The van der Waals surface area contributed by atoms with Crippen molar-refractivity contribution < 1.29 is 4.79 Å². The van der Waals surface area contributed by atoms with Crippen LogP contribution in [0.5, 0.6) is 0 Å². The number of nitrogen functional groups attached to an aromatic ring is 1. The number of likely N-dealkylation sites (tertiary alicyclic amines) is 1. The molecular formula is C27H35N7OS. The predicted octanol–water partition coefficient (Wildman–Crippen LogP) is 2.73. The number of nitrogens with one attached hydrogen (secondary N) is 1. The van der Waals surface area contributed by atoms with Gasteiger partial charge in [-0.3, -0.25) is 9.69 Å². The van der Waals surface area contributed by atoms with Gasteiger partial charge in [0.2, 0.25) is 0 Å². The van der Waals surface area contributed by atoms with Crippen LogP contribution in [0.25, 0.3) is 10.2 Å². The summed E-state index contributed by atoms with van der Waals surface area (Å²) in [4.78, 5) is 28.9. The number of aromatic nitrogens is 2. The van der Waals surface area contributed by atoms with Crippen molar-refractivity contribution in [2.45, 2.75) is 57.7 Å². The van der Waals surface area contributed by atoms with Crippen LogP contribution in [0, 0.1) is 12.8 Å². The van der Waals surface area contributed by atoms with Crippen molar-refractivity contribution in [2.24, 2.45) is 11.7 Å². The summed E-state index contributed by atoms with van der Waals surface area (Å²) in [7, 11) is 0. The van der Waals surface area contributed by atoms with Gasteiger partial charge in [0.1, 0.15) is 15.5 Å². The number of rotatable bonds is 4. The molecule has 1 amide bonds. The van der Waals surface area contributed by atoms with Crippen LogP contribution < -0.4 is 21.7 Å². The van der Waals surface area contributed by atoms with Crippen LogP contribution in [0.1, 0.15) is 46.9 Å². The Morgan fingerprint density at radius 1 is 1.22 bits per heavy atom. The molecule has 4 atom stereocenters. The van der Waals surface area contributed by atoms with E-state index in [4.69, 9.17) is 16.5 Å². The number of nitrogens with zero attached hydrogens (tertiary/aromatic N) is 4. The molecule has 3 aromatic rings. The average Bonchev–Trinajstić information content (AvgIpc) is 3.19. The number of likely N-dealkylation sites (N-methyl/N-ethyl adjacent to an activating group) is 1. The predicted molar refractivity (Wildman–Crippen MR) is 146 cm³/mol. The molecule has 0 aromatic carbocycles. The third-order valence-electron chi connectivity index (χ3n) is 8.79. The van der Waals surface area contributed by atoms with E-state index in [0.717, 1.165) is 72.9 Å². The molecule has 2 saturated heterocycles. The van der Waals surface area contributed by atoms with Gasteiger partial charge in [-0.2, -0.15) is 0 Å². The fourth-order valence-electron chi connectivity index (χ4n) is 6.40. The van der Waals surface area contributed by atoms with Gasteiger partial charge >= 0.3 is 0 Å². The van der Waals surface area contributed by atoms with Crippen LogP contribution in [0.15, 0.2) is 24.3 Å². The highest BCUT2D eigenvalue weighted by molar-refractivity contribution is 7.21. The molecule has 3 aromatic heterocycles. The largest absolute Gasteiger partial charge is 0.397 e. The minimum Gasteiger partial charge on any atom is -0.397 e. The molecule has 8 nitrogen and oxygen atoms in total. The van der Waals surface area contributed by atoms with Gasteiger partial charge in [0.15, 0.2) is 0 Å². The second-order valence-electron chi connectivity index (χ2n) is 10.8. The van der Waals surface area contributed by atoms with Crippen molar-refractivity contribution in [3.63, 3.8) is 0 Å². The summed E-state index contributed by atoms with van der Waals surface area (Å²) in [6.45, 7) is 10.5. The highest BCUT2D eigenvalue weighted by Crippen LogP contribution is 2.42. The molecule has 1 aliphatic carbocycles. The monoisotopic (exact) mass is 505 g/mol. The van der Waals surface area contributed by atoms with Gasteiger partial charge in [-0.1, -0.05) is 13.0 Å². The molecule has 0 bridgehead atoms. The molecule has 0 radical (unpaired) electrons. The third kappa shape index (κ3) is 3.67. The zero-order valence-corrected chi connectivity index (χ0v) is 22.1. The fraction of sp³-hybridized carbons (Fsp3) is 0.519. The molecule has 36 heavy (non-hydrogen) atoms. The molecule has 0 spiro atoms. The summed E-state index contributed by atoms with van der Waals surface area (Å²) >= 11 is 1.37. The SMILES string of the molecule is CCN1C[C@@H]2CN(c3ccc4c(n3)CC[C@H](NC(=O)c3sc5nc(C)ccc5c3N)C4)C[C@H](N)C21C. The van der Waals surface area contributed by atoms with Gasteiger partial charge < -0.3 is 21.7 Å². The molecule has 2 fully saturated rings. The number of hydrogen-bond donors (Lipinski definition) is 3. The summed E-state index contributed by atoms with van der Waals surface area (Å²) in [6.07, 6.45) is 2.49. The Hall–Kier alpha value is -2.75. The summed E-state index contributed by atoms with van der Waals surface area (Å²) in [5, 5.41) is 4.06. The number of anilines is 2. The maximum atomic E-state index is 13.1. The summed E-state index contributed by atoms with van der Waals surface area (Å²) in [5.74, 6) is 1.50. The first-order chi connectivity index (χ1) is 17.3. The minimum absolute atomic E-state index is 0.0658. The maximum absolute atomic E-state index is 13.1. The average molecular weight is 506 g/mol. The Labute approximate surface area is 216 Å². The number of hydrogen-bond acceptors (Lipinski definition) is 8. The molecule has 190 valence electrons. The second kappa shape index (κ2) is 8.68. The number of pyridine rings is 2. The topological polar surface area (TPSA) is 113 Å². The van der Waals surface area contributed by atoms with Gasteiger partial charge in [-0.15, -0.1) is 11.3 Å². The van der Waals surface area contributed by atoms with Crippen molar-refractivity contribution in [3.05, 3.63) is 46.1 Å². The van der Waals surface area contributed by atoms with Crippen LogP contribution in [0.3, 0.4) is 0 Å². The van der Waals surface area contributed by atoms with Crippen molar-refractivity contribution >= 4 is 39.0 Å². The lowest BCUT2D eigenvalue weighted by atomic mass is 9.67. The molecule has 2 aliphatic heterocycles. The van der Waals surface area contributed by atoms with Gasteiger partial charge in [0.25, 0.3) is 5.91 Å². The zero-order chi connectivity index (χ0) is 25.2. The van der Waals surface area contributed by atoms with E-state index in [1.54, 1.807) is 0 Å². The number of carbonyl (C=O) groups is 1. The van der Waals surface area contributed by atoms with E-state index in [0.29, 0.717) is 16.5 Å². The molecule has 5 N–H and O–H groups in total. The standard InChI is InChI=1S/C27H35N7OS/c1-4-34-13-17-12-33(14-21(28)27(17,34)3)22-10-6-16-11-18(7-9-20(16)32-22)31-25(35)24-23(29)19-8-5-15(2)30-26(19)36-24/h5-6,8,10,17-18,21H,4,7,9,11-14,28-29H2,1-3H3,(H,31,35)/t17-,18-,21-,27?/m0/s1. The number of aryl methyl sites for hydroxylation is 2. The number of carbonyl (C=O) groups excluding carboxylic acids is 1. The Kier molecular flexibility index (Phi) is 5.70. The van der Waals surface area contributed by atoms with E-state index in [1.165, 1.54) is 16.9 Å². The van der Waals surface area contributed by atoms with Crippen LogP contribution in [-0.4, -0.2) is 64.6 Å². The van der Waals surface area contributed by atoms with Crippen LogP contribution in [0.4, 0.5) is 11.5 Å². The first-order valence-corrected chi connectivity index (χ1v) is 13.8. The number of nitrogens with two attached hydrogens (primary N) is 2. The summed E-state index contributed by atoms with van der Waals surface area (Å²) in [5.41, 5.74) is 16.9. The Morgan fingerprint density at radius 2 is 2.06 bits per heavy atom. The molecule has 9 heteroatoms. The summed E-state index contributed by atoms with van der Waals surface area (Å²) in [6, 6.07) is 8.37. The molecule has 5 heterocycles. The van der Waals surface area contributed by atoms with E-state index in [9.17, 15) is 4.79 Å². The number of piperidine rings is 1. The maximum Gasteiger partial charge on any atom is 0.263 e. The van der Waals surface area contributed by atoms with E-state index in [2.05, 4.69) is 46.1 Å². The summed E-state index contributed by atoms with van der Waals surface area (Å²) < 4.78 is 0. The highest BCUT2D eigenvalue weighted by atomic mass is 32.1. The first kappa shape index (κ1) is 23.6. The van der Waals surface area contributed by atoms with Crippen molar-refractivity contribution in [1.29, 1.82) is 0 Å². The molecule has 6 rings (SSSR count). The Bertz CT molecular complexity index is 1330. The first-order valence-electron chi connectivity index (χ1n) is 13.0. The van der Waals surface area contributed by atoms with Crippen molar-refractivity contribution in [3.8, 4) is 0 Å². The zero-order valence-electron chi connectivity index (χ0n) is 21.3. The number of fused-ring (bicyclic) bond motifs is 3. The molecule has 0 saturated carbocycles. The molecule has 3 aliphatic rings. The third-order valence-corrected chi connectivity index (χ3v) is 9.90. The van der Waals surface area contributed by atoms with Gasteiger partial charge in [-0.25, -0.2) is 9.97 Å². The van der Waals surface area contributed by atoms with Crippen LogP contribution >= 0.6 is 11.3 Å². The second-order valence-corrected chi connectivity index (χ2v) is 11.8. The smallest absolute Gasteiger partial charge is 0.263 e. The van der Waals surface area contributed by atoms with Gasteiger partial charge in [-0.05, 0) is 63.4 Å². The van der Waals surface area contributed by atoms with Gasteiger partial charge in [0.05, 0.1) is 5.69 Å². The highest BCUT2D eigenvalue weighted by Gasteiger charge is 2.56. The number of thiophene rings is 1. The van der Waals surface area contributed by atoms with Crippen molar-refractivity contribution in [2.75, 3.05) is 36.8 Å². The molecule has 1 unspecified atom stereocenters. The quantitative estimate of drug-likeness (QED) is 0.500. The normalized spacial score (nSPS) is 27.9. The van der Waals surface area contributed by atoms with Crippen molar-refractivity contribution in [1.82, 2.24) is 20.2 Å². The van der Waals surface area contributed by atoms with E-state index < -0.39 is 0 Å². The van der Waals surface area contributed by atoms with E-state index in [-0.39, 0.29) is 23.5 Å². The van der Waals surface area contributed by atoms with Gasteiger partial charge in [0, 0.05) is 59.9 Å². The Morgan fingerprint density at radius 3 is 2.83 bits per heavy atom. The van der Waals surface area contributed by atoms with Crippen LogP contribution in [-0.2, 0) is 12.8 Å². The number of amides is 1. The minimum atomic E-state index is -0.113. The van der Waals surface area contributed by atoms with E-state index >= 15 is 0 Å². The molecular weight excluding hydrogens is 470 g/mol. The lowest BCUT2D eigenvalue weighted by molar-refractivity contribution is -0.0891. The van der Waals surface area contributed by atoms with Crippen LogP contribution in [0.2, 0.25) is 0 Å². The Balaban J connectivity index is 1.13.